The average Bonchev–Trinajstić information content (AvgIpc) is 2.97. The van der Waals surface area contributed by atoms with Gasteiger partial charge in [-0.3, -0.25) is 13.9 Å². The molecule has 3 rings (SSSR count). The first-order valence-corrected chi connectivity index (χ1v) is 15.4. The molecule has 42 heavy (non-hydrogen) atoms. The van der Waals surface area contributed by atoms with Gasteiger partial charge in [0.2, 0.25) is 11.8 Å². The van der Waals surface area contributed by atoms with E-state index in [1.807, 2.05) is 13.8 Å². The maximum absolute atomic E-state index is 14.0. The second kappa shape index (κ2) is 14.6. The summed E-state index contributed by atoms with van der Waals surface area (Å²) in [6.45, 7) is 5.28. The molecule has 0 aliphatic heterocycles. The molecular formula is C30H35Cl2N3O6S. The lowest BCUT2D eigenvalue weighted by molar-refractivity contribution is -0.139. The van der Waals surface area contributed by atoms with Gasteiger partial charge in [-0.05, 0) is 54.8 Å². The third kappa shape index (κ3) is 8.08. The molecule has 0 spiro atoms. The highest BCUT2D eigenvalue weighted by atomic mass is 35.5. The van der Waals surface area contributed by atoms with Gasteiger partial charge in [-0.1, -0.05) is 61.3 Å². The minimum absolute atomic E-state index is 0.0515. The molecule has 3 aromatic carbocycles. The first-order chi connectivity index (χ1) is 19.9. The first-order valence-electron chi connectivity index (χ1n) is 13.2. The Morgan fingerprint density at radius 2 is 1.57 bits per heavy atom. The van der Waals surface area contributed by atoms with E-state index in [2.05, 4.69) is 5.32 Å². The molecular weight excluding hydrogens is 601 g/mol. The fourth-order valence-corrected chi connectivity index (χ4v) is 5.99. The third-order valence-electron chi connectivity index (χ3n) is 6.47. The van der Waals surface area contributed by atoms with Gasteiger partial charge in [0, 0.05) is 29.2 Å². The van der Waals surface area contributed by atoms with Crippen LogP contribution in [0.3, 0.4) is 0 Å². The molecule has 1 atom stereocenters. The number of carbonyl (C=O) groups is 2. The van der Waals surface area contributed by atoms with Gasteiger partial charge in [0.1, 0.15) is 12.6 Å². The number of rotatable bonds is 13. The van der Waals surface area contributed by atoms with Crippen LogP contribution in [0.15, 0.2) is 71.6 Å². The molecule has 0 aromatic heterocycles. The number of hydrogen-bond acceptors (Lipinski definition) is 6. The Kier molecular flexibility index (Phi) is 11.5. The summed E-state index contributed by atoms with van der Waals surface area (Å²) in [4.78, 5) is 28.3. The smallest absolute Gasteiger partial charge is 0.264 e. The predicted molar refractivity (Wildman–Crippen MR) is 165 cm³/mol. The summed E-state index contributed by atoms with van der Waals surface area (Å²) in [6, 6.07) is 16.4. The van der Waals surface area contributed by atoms with E-state index in [0.717, 1.165) is 4.31 Å². The van der Waals surface area contributed by atoms with Crippen LogP contribution in [0.5, 0.6) is 11.5 Å². The molecule has 0 radical (unpaired) electrons. The van der Waals surface area contributed by atoms with Crippen molar-refractivity contribution in [2.45, 2.75) is 38.3 Å². The number of carbonyl (C=O) groups excluding carboxylic acids is 2. The van der Waals surface area contributed by atoms with Crippen molar-refractivity contribution >= 4 is 50.7 Å². The Balaban J connectivity index is 2.05. The van der Waals surface area contributed by atoms with Crippen molar-refractivity contribution in [2.75, 3.05) is 31.6 Å². The number of anilines is 1. The van der Waals surface area contributed by atoms with Gasteiger partial charge >= 0.3 is 0 Å². The predicted octanol–water partition coefficient (Wildman–Crippen LogP) is 5.40. The van der Waals surface area contributed by atoms with Gasteiger partial charge in [-0.2, -0.15) is 0 Å². The van der Waals surface area contributed by atoms with Crippen molar-refractivity contribution in [3.05, 3.63) is 82.3 Å². The standard InChI is InChI=1S/C30H35Cl2N3O6S/c1-20(2)17-33-30(37)21(3)34(18-22-11-12-23(31)15-26(22)32)29(36)19-35(24-9-7-6-8-10-24)42(38,39)25-13-14-27(40-4)28(16-25)41-5/h6-16,20-21H,17-19H2,1-5H3,(H,33,37). The van der Waals surface area contributed by atoms with Crippen LogP contribution in [0.2, 0.25) is 10.0 Å². The number of methoxy groups -OCH3 is 2. The molecule has 0 heterocycles. The largest absolute Gasteiger partial charge is 0.493 e. The highest BCUT2D eigenvalue weighted by Gasteiger charge is 2.33. The van der Waals surface area contributed by atoms with Crippen LogP contribution in [0.25, 0.3) is 0 Å². The molecule has 1 unspecified atom stereocenters. The Morgan fingerprint density at radius 1 is 0.905 bits per heavy atom. The molecule has 3 aromatic rings. The van der Waals surface area contributed by atoms with Crippen LogP contribution < -0.4 is 19.1 Å². The Labute approximate surface area is 257 Å². The second-order valence-corrected chi connectivity index (χ2v) is 12.6. The number of ether oxygens (including phenoxy) is 2. The number of benzene rings is 3. The second-order valence-electron chi connectivity index (χ2n) is 9.94. The number of amides is 2. The monoisotopic (exact) mass is 635 g/mol. The van der Waals surface area contributed by atoms with Gasteiger partial charge in [0.05, 0.1) is 24.8 Å². The highest BCUT2D eigenvalue weighted by Crippen LogP contribution is 2.32. The van der Waals surface area contributed by atoms with E-state index in [0.29, 0.717) is 27.9 Å². The number of para-hydroxylation sites is 1. The first kappa shape index (κ1) is 33.0. The van der Waals surface area contributed by atoms with E-state index in [4.69, 9.17) is 32.7 Å². The van der Waals surface area contributed by atoms with Crippen LogP contribution in [-0.4, -0.2) is 58.5 Å². The van der Waals surface area contributed by atoms with Crippen LogP contribution in [0.1, 0.15) is 26.3 Å². The van der Waals surface area contributed by atoms with Crippen LogP contribution in [0, 0.1) is 5.92 Å². The fourth-order valence-electron chi connectivity index (χ4n) is 4.10. The molecule has 0 saturated carbocycles. The third-order valence-corrected chi connectivity index (χ3v) is 8.83. The number of nitrogens with zero attached hydrogens (tertiary/aromatic N) is 2. The topological polar surface area (TPSA) is 105 Å². The summed E-state index contributed by atoms with van der Waals surface area (Å²) >= 11 is 12.5. The molecule has 9 nitrogen and oxygen atoms in total. The number of hydrogen-bond donors (Lipinski definition) is 1. The van der Waals surface area contributed by atoms with Gasteiger partial charge < -0.3 is 19.7 Å². The zero-order valence-corrected chi connectivity index (χ0v) is 26.5. The summed E-state index contributed by atoms with van der Waals surface area (Å²) in [6.07, 6.45) is 0. The van der Waals surface area contributed by atoms with Gasteiger partial charge in [0.25, 0.3) is 10.0 Å². The normalized spacial score (nSPS) is 12.0. The van der Waals surface area contributed by atoms with Crippen molar-refractivity contribution in [3.63, 3.8) is 0 Å². The molecule has 0 saturated heterocycles. The van der Waals surface area contributed by atoms with Crippen LogP contribution >= 0.6 is 23.2 Å². The van der Waals surface area contributed by atoms with Crippen LogP contribution in [-0.2, 0) is 26.2 Å². The fraction of sp³-hybridized carbons (Fsp3) is 0.333. The summed E-state index contributed by atoms with van der Waals surface area (Å²) in [5, 5.41) is 3.58. The SMILES string of the molecule is COc1ccc(S(=O)(=O)N(CC(=O)N(Cc2ccc(Cl)cc2Cl)C(C)C(=O)NCC(C)C)c2ccccc2)cc1OC. The van der Waals surface area contributed by atoms with Gasteiger partial charge in [-0.25, -0.2) is 8.42 Å². The van der Waals surface area contributed by atoms with Crippen LogP contribution in [0.4, 0.5) is 5.69 Å². The highest BCUT2D eigenvalue weighted by molar-refractivity contribution is 7.92. The zero-order valence-electron chi connectivity index (χ0n) is 24.1. The van der Waals surface area contributed by atoms with Crippen molar-refractivity contribution in [1.82, 2.24) is 10.2 Å². The minimum Gasteiger partial charge on any atom is -0.493 e. The van der Waals surface area contributed by atoms with Crippen molar-refractivity contribution in [1.29, 1.82) is 0 Å². The number of nitrogens with one attached hydrogen (secondary N) is 1. The maximum Gasteiger partial charge on any atom is 0.264 e. The van der Waals surface area contributed by atoms with E-state index in [1.165, 1.54) is 37.3 Å². The van der Waals surface area contributed by atoms with Crippen molar-refractivity contribution in [3.8, 4) is 11.5 Å². The molecule has 12 heteroatoms. The molecule has 0 bridgehead atoms. The molecule has 1 N–H and O–H groups in total. The van der Waals surface area contributed by atoms with E-state index in [1.54, 1.807) is 55.5 Å². The summed E-state index contributed by atoms with van der Waals surface area (Å²) in [7, 11) is -1.44. The quantitative estimate of drug-likeness (QED) is 0.270. The number of sulfonamides is 1. The van der Waals surface area contributed by atoms with Gasteiger partial charge in [-0.15, -0.1) is 0 Å². The lowest BCUT2D eigenvalue weighted by atomic mass is 10.1. The molecule has 0 aliphatic rings. The Bertz CT molecular complexity index is 1500. The van der Waals surface area contributed by atoms with E-state index < -0.39 is 28.5 Å². The summed E-state index contributed by atoms with van der Waals surface area (Å²) < 4.78 is 39.6. The summed E-state index contributed by atoms with van der Waals surface area (Å²) in [5.41, 5.74) is 0.814. The van der Waals surface area contributed by atoms with E-state index >= 15 is 0 Å². The minimum atomic E-state index is -4.29. The van der Waals surface area contributed by atoms with E-state index in [-0.39, 0.29) is 34.7 Å². The zero-order chi connectivity index (χ0) is 31.0. The lowest BCUT2D eigenvalue weighted by Gasteiger charge is -2.32. The molecule has 226 valence electrons. The maximum atomic E-state index is 14.0. The summed E-state index contributed by atoms with van der Waals surface area (Å²) in [5.74, 6) is -0.230. The number of halogens is 2. The Morgan fingerprint density at radius 3 is 2.17 bits per heavy atom. The molecule has 0 fully saturated rings. The average molecular weight is 637 g/mol. The molecule has 0 aliphatic carbocycles. The molecule has 2 amide bonds. The van der Waals surface area contributed by atoms with E-state index in [9.17, 15) is 18.0 Å². The Hall–Kier alpha value is -3.47. The lowest BCUT2D eigenvalue weighted by Crippen LogP contribution is -2.51. The van der Waals surface area contributed by atoms with Crippen molar-refractivity contribution < 1.29 is 27.5 Å². The van der Waals surface area contributed by atoms with Crippen molar-refractivity contribution in [2.24, 2.45) is 5.92 Å². The van der Waals surface area contributed by atoms with Gasteiger partial charge in [0.15, 0.2) is 11.5 Å².